The number of pyridine rings is 1. The Balaban J connectivity index is 1.52. The number of benzene rings is 1. The van der Waals surface area contributed by atoms with Gasteiger partial charge in [0.25, 0.3) is 0 Å². The van der Waals surface area contributed by atoms with Crippen molar-refractivity contribution in [3.05, 3.63) is 59.2 Å². The molecule has 0 spiro atoms. The van der Waals surface area contributed by atoms with Gasteiger partial charge < -0.3 is 20.4 Å². The van der Waals surface area contributed by atoms with E-state index in [2.05, 4.69) is 20.5 Å². The zero-order valence-electron chi connectivity index (χ0n) is 17.3. The van der Waals surface area contributed by atoms with Gasteiger partial charge in [-0.15, -0.1) is 0 Å². The maximum absolute atomic E-state index is 12.8. The number of halogens is 1. The van der Waals surface area contributed by atoms with Gasteiger partial charge in [-0.2, -0.15) is 0 Å². The minimum Gasteiger partial charge on any atom is -0.353 e. The monoisotopic (exact) mass is 429 g/mol. The SMILES string of the molecule is CC(C)[C@H](NC(=O)N1CCN(c2ccccn2)CC1)C(=O)NCc1cccc(Cl)c1. The Morgan fingerprint density at radius 2 is 1.87 bits per heavy atom. The summed E-state index contributed by atoms with van der Waals surface area (Å²) in [5.74, 6) is 0.673. The first-order valence-electron chi connectivity index (χ1n) is 10.2. The smallest absolute Gasteiger partial charge is 0.318 e. The van der Waals surface area contributed by atoms with Gasteiger partial charge in [0.15, 0.2) is 0 Å². The zero-order chi connectivity index (χ0) is 21.5. The van der Waals surface area contributed by atoms with Crippen molar-refractivity contribution in [3.8, 4) is 0 Å². The van der Waals surface area contributed by atoms with E-state index in [1.54, 1.807) is 17.2 Å². The Morgan fingerprint density at radius 3 is 2.50 bits per heavy atom. The number of urea groups is 1. The van der Waals surface area contributed by atoms with Crippen LogP contribution in [0.2, 0.25) is 5.02 Å². The zero-order valence-corrected chi connectivity index (χ0v) is 18.1. The molecule has 30 heavy (non-hydrogen) atoms. The molecule has 0 bridgehead atoms. The highest BCUT2D eigenvalue weighted by Gasteiger charge is 2.28. The van der Waals surface area contributed by atoms with Crippen LogP contribution in [0.5, 0.6) is 0 Å². The Kier molecular flexibility index (Phi) is 7.52. The molecule has 3 amide bonds. The first-order valence-corrected chi connectivity index (χ1v) is 10.6. The molecule has 0 radical (unpaired) electrons. The van der Waals surface area contributed by atoms with E-state index < -0.39 is 6.04 Å². The van der Waals surface area contributed by atoms with E-state index in [1.165, 1.54) is 0 Å². The average Bonchev–Trinajstić information content (AvgIpc) is 2.76. The summed E-state index contributed by atoms with van der Waals surface area (Å²) in [7, 11) is 0. The minimum atomic E-state index is -0.606. The van der Waals surface area contributed by atoms with Gasteiger partial charge in [0.05, 0.1) is 0 Å². The quantitative estimate of drug-likeness (QED) is 0.740. The van der Waals surface area contributed by atoms with Gasteiger partial charge in [-0.25, -0.2) is 9.78 Å². The highest BCUT2D eigenvalue weighted by atomic mass is 35.5. The molecular formula is C22H28ClN5O2. The van der Waals surface area contributed by atoms with Crippen LogP contribution in [-0.4, -0.2) is 54.0 Å². The van der Waals surface area contributed by atoms with Gasteiger partial charge in [0.2, 0.25) is 5.91 Å². The fraction of sp³-hybridized carbons (Fsp3) is 0.409. The summed E-state index contributed by atoms with van der Waals surface area (Å²) in [6.45, 7) is 6.78. The summed E-state index contributed by atoms with van der Waals surface area (Å²) in [6, 6.07) is 12.3. The van der Waals surface area contributed by atoms with E-state index in [1.807, 2.05) is 50.2 Å². The maximum Gasteiger partial charge on any atom is 0.318 e. The number of nitrogens with one attached hydrogen (secondary N) is 2. The van der Waals surface area contributed by atoms with E-state index in [-0.39, 0.29) is 17.9 Å². The molecule has 1 saturated heterocycles. The van der Waals surface area contributed by atoms with Gasteiger partial charge in [-0.3, -0.25) is 4.79 Å². The third-order valence-electron chi connectivity index (χ3n) is 5.12. The third kappa shape index (κ3) is 5.86. The number of carbonyl (C=O) groups is 2. The van der Waals surface area contributed by atoms with Crippen molar-refractivity contribution in [2.24, 2.45) is 5.92 Å². The second-order valence-electron chi connectivity index (χ2n) is 7.68. The summed E-state index contributed by atoms with van der Waals surface area (Å²) in [5, 5.41) is 6.43. The van der Waals surface area contributed by atoms with Gasteiger partial charge in [-0.1, -0.05) is 43.6 Å². The summed E-state index contributed by atoms with van der Waals surface area (Å²) >= 11 is 5.99. The Bertz CT molecular complexity index is 854. The topological polar surface area (TPSA) is 77.6 Å². The number of carbonyl (C=O) groups excluding carboxylic acids is 2. The second kappa shape index (κ2) is 10.3. The van der Waals surface area contributed by atoms with E-state index in [0.29, 0.717) is 37.7 Å². The Hall–Kier alpha value is -2.80. The van der Waals surface area contributed by atoms with Crippen LogP contribution in [0.3, 0.4) is 0 Å². The van der Waals surface area contributed by atoms with Crippen LogP contribution in [0.4, 0.5) is 10.6 Å². The number of hydrogen-bond acceptors (Lipinski definition) is 4. The largest absolute Gasteiger partial charge is 0.353 e. The van der Waals surface area contributed by atoms with E-state index in [9.17, 15) is 9.59 Å². The standard InChI is InChI=1S/C22H28ClN5O2/c1-16(2)20(21(29)25-15-17-6-5-7-18(23)14-17)26-22(30)28-12-10-27(11-13-28)19-8-3-4-9-24-19/h3-9,14,16,20H,10-13,15H2,1-2H3,(H,25,29)(H,26,30)/t20-/m0/s1. The van der Waals surface area contributed by atoms with Crippen LogP contribution < -0.4 is 15.5 Å². The van der Waals surface area contributed by atoms with Gasteiger partial charge in [0.1, 0.15) is 11.9 Å². The number of amides is 3. The molecular weight excluding hydrogens is 402 g/mol. The lowest BCUT2D eigenvalue weighted by Crippen LogP contribution is -2.57. The first-order chi connectivity index (χ1) is 14.4. The highest BCUT2D eigenvalue weighted by Crippen LogP contribution is 2.14. The van der Waals surface area contributed by atoms with E-state index in [4.69, 9.17) is 11.6 Å². The van der Waals surface area contributed by atoms with Crippen LogP contribution in [-0.2, 0) is 11.3 Å². The van der Waals surface area contributed by atoms with Crippen LogP contribution in [0.15, 0.2) is 48.7 Å². The number of piperazine rings is 1. The average molecular weight is 430 g/mol. The maximum atomic E-state index is 12.8. The summed E-state index contributed by atoms with van der Waals surface area (Å²) in [6.07, 6.45) is 1.77. The number of rotatable bonds is 6. The van der Waals surface area contributed by atoms with Crippen molar-refractivity contribution in [1.82, 2.24) is 20.5 Å². The molecule has 1 aliphatic rings. The molecule has 2 N–H and O–H groups in total. The van der Waals surface area contributed by atoms with Gasteiger partial charge >= 0.3 is 6.03 Å². The van der Waals surface area contributed by atoms with Crippen molar-refractivity contribution in [2.75, 3.05) is 31.1 Å². The van der Waals surface area contributed by atoms with Crippen molar-refractivity contribution in [3.63, 3.8) is 0 Å². The van der Waals surface area contributed by atoms with Crippen molar-refractivity contribution >= 4 is 29.4 Å². The molecule has 0 aliphatic carbocycles. The van der Waals surface area contributed by atoms with Gasteiger partial charge in [-0.05, 0) is 35.7 Å². The predicted octanol–water partition coefficient (Wildman–Crippen LogP) is 2.91. The van der Waals surface area contributed by atoms with E-state index >= 15 is 0 Å². The Morgan fingerprint density at radius 1 is 1.10 bits per heavy atom. The molecule has 7 nitrogen and oxygen atoms in total. The molecule has 0 saturated carbocycles. The number of nitrogens with zero attached hydrogens (tertiary/aromatic N) is 3. The summed E-state index contributed by atoms with van der Waals surface area (Å²) in [4.78, 5) is 33.7. The number of hydrogen-bond donors (Lipinski definition) is 2. The van der Waals surface area contributed by atoms with E-state index in [0.717, 1.165) is 11.4 Å². The summed E-state index contributed by atoms with van der Waals surface area (Å²) < 4.78 is 0. The molecule has 2 aromatic rings. The van der Waals surface area contributed by atoms with Crippen LogP contribution in [0.1, 0.15) is 19.4 Å². The fourth-order valence-corrected chi connectivity index (χ4v) is 3.60. The van der Waals surface area contributed by atoms with Crippen LogP contribution in [0, 0.1) is 5.92 Å². The molecule has 0 unspecified atom stereocenters. The molecule has 1 fully saturated rings. The second-order valence-corrected chi connectivity index (χ2v) is 8.12. The third-order valence-corrected chi connectivity index (χ3v) is 5.36. The molecule has 8 heteroatoms. The van der Waals surface area contributed by atoms with Crippen molar-refractivity contribution < 1.29 is 9.59 Å². The molecule has 160 valence electrons. The van der Waals surface area contributed by atoms with Crippen LogP contribution >= 0.6 is 11.6 Å². The fourth-order valence-electron chi connectivity index (χ4n) is 3.38. The molecule has 1 aromatic heterocycles. The van der Waals surface area contributed by atoms with Gasteiger partial charge in [0, 0.05) is 43.9 Å². The molecule has 1 aromatic carbocycles. The highest BCUT2D eigenvalue weighted by molar-refractivity contribution is 6.30. The predicted molar refractivity (Wildman–Crippen MR) is 118 cm³/mol. The normalized spacial score (nSPS) is 15.1. The molecule has 1 aliphatic heterocycles. The minimum absolute atomic E-state index is 0.0388. The first kappa shape index (κ1) is 21.9. The Labute approximate surface area is 182 Å². The molecule has 2 heterocycles. The number of anilines is 1. The van der Waals surface area contributed by atoms with Crippen LogP contribution in [0.25, 0.3) is 0 Å². The molecule has 1 atom stereocenters. The van der Waals surface area contributed by atoms with Crippen molar-refractivity contribution in [1.29, 1.82) is 0 Å². The lowest BCUT2D eigenvalue weighted by Gasteiger charge is -2.36. The van der Waals surface area contributed by atoms with Crippen molar-refractivity contribution in [2.45, 2.75) is 26.4 Å². The molecule has 3 rings (SSSR count). The lowest BCUT2D eigenvalue weighted by atomic mass is 10.0. The summed E-state index contributed by atoms with van der Waals surface area (Å²) in [5.41, 5.74) is 0.912. The lowest BCUT2D eigenvalue weighted by molar-refractivity contribution is -0.124. The number of aromatic nitrogens is 1.